The summed E-state index contributed by atoms with van der Waals surface area (Å²) in [4.78, 5) is 0. The maximum atomic E-state index is 2.53. The van der Waals surface area contributed by atoms with Gasteiger partial charge >= 0.3 is 0 Å². The Kier molecular flexibility index (Phi) is 8.89. The molecule has 120 valence electrons. The molecule has 0 aromatic carbocycles. The van der Waals surface area contributed by atoms with Crippen LogP contribution in [0.3, 0.4) is 0 Å². The first-order valence-corrected chi connectivity index (χ1v) is 9.49. The standard InChI is InChI=1S/C20H40/c1-16(2)8-6-11-19(5)20-14-12-17(3)9-7-10-18(4)13-15-20/h16-20H,6-15H2,1-5H3. The fourth-order valence-electron chi connectivity index (χ4n) is 3.90. The van der Waals surface area contributed by atoms with Gasteiger partial charge in [-0.3, -0.25) is 0 Å². The van der Waals surface area contributed by atoms with E-state index < -0.39 is 0 Å². The summed E-state index contributed by atoms with van der Waals surface area (Å²) in [6.45, 7) is 12.2. The van der Waals surface area contributed by atoms with E-state index >= 15 is 0 Å². The van der Waals surface area contributed by atoms with Crippen LogP contribution >= 0.6 is 0 Å². The Morgan fingerprint density at radius 1 is 0.750 bits per heavy atom. The van der Waals surface area contributed by atoms with Crippen molar-refractivity contribution in [3.63, 3.8) is 0 Å². The molecule has 1 rings (SSSR count). The molecule has 0 radical (unpaired) electrons. The molecule has 0 bridgehead atoms. The molecule has 0 amide bonds. The van der Waals surface area contributed by atoms with Crippen molar-refractivity contribution in [3.8, 4) is 0 Å². The highest BCUT2D eigenvalue weighted by molar-refractivity contribution is 4.72. The lowest BCUT2D eigenvalue weighted by atomic mass is 9.78. The summed E-state index contributed by atoms with van der Waals surface area (Å²) in [5.74, 6) is 4.76. The molecule has 0 aromatic heterocycles. The fourth-order valence-corrected chi connectivity index (χ4v) is 3.90. The maximum Gasteiger partial charge on any atom is -0.0388 e. The zero-order valence-electron chi connectivity index (χ0n) is 15.0. The van der Waals surface area contributed by atoms with E-state index in [9.17, 15) is 0 Å². The van der Waals surface area contributed by atoms with Gasteiger partial charge in [-0.05, 0) is 42.4 Å². The van der Waals surface area contributed by atoms with Crippen LogP contribution in [0.15, 0.2) is 0 Å². The molecule has 1 fully saturated rings. The van der Waals surface area contributed by atoms with E-state index in [1.807, 2.05) is 0 Å². The van der Waals surface area contributed by atoms with Crippen molar-refractivity contribution in [2.24, 2.45) is 29.6 Å². The van der Waals surface area contributed by atoms with Crippen LogP contribution in [0.5, 0.6) is 0 Å². The van der Waals surface area contributed by atoms with Crippen molar-refractivity contribution < 1.29 is 0 Å². The minimum Gasteiger partial charge on any atom is -0.0628 e. The lowest BCUT2D eigenvalue weighted by Crippen LogP contribution is -2.16. The first-order chi connectivity index (χ1) is 9.49. The number of rotatable bonds is 5. The zero-order chi connectivity index (χ0) is 15.0. The number of hydrogen-bond donors (Lipinski definition) is 0. The van der Waals surface area contributed by atoms with Gasteiger partial charge in [0.2, 0.25) is 0 Å². The lowest BCUT2D eigenvalue weighted by Gasteiger charge is -2.28. The van der Waals surface area contributed by atoms with Gasteiger partial charge in [-0.15, -0.1) is 0 Å². The van der Waals surface area contributed by atoms with E-state index in [0.29, 0.717) is 0 Å². The van der Waals surface area contributed by atoms with Crippen LogP contribution in [0.2, 0.25) is 0 Å². The van der Waals surface area contributed by atoms with Crippen LogP contribution in [0.4, 0.5) is 0 Å². The highest BCUT2D eigenvalue weighted by atomic mass is 14.3. The van der Waals surface area contributed by atoms with Gasteiger partial charge in [-0.1, -0.05) is 86.0 Å². The van der Waals surface area contributed by atoms with Crippen LogP contribution in [0, 0.1) is 29.6 Å². The monoisotopic (exact) mass is 280 g/mol. The van der Waals surface area contributed by atoms with Crippen LogP contribution < -0.4 is 0 Å². The highest BCUT2D eigenvalue weighted by Crippen LogP contribution is 2.33. The molecule has 0 nitrogen and oxygen atoms in total. The third-order valence-corrected chi connectivity index (χ3v) is 5.70. The van der Waals surface area contributed by atoms with Gasteiger partial charge in [-0.2, -0.15) is 0 Å². The number of hydrogen-bond acceptors (Lipinski definition) is 0. The van der Waals surface area contributed by atoms with Crippen molar-refractivity contribution in [1.82, 2.24) is 0 Å². The molecule has 1 aliphatic carbocycles. The first kappa shape index (κ1) is 18.1. The fraction of sp³-hybridized carbons (Fsp3) is 1.00. The van der Waals surface area contributed by atoms with Gasteiger partial charge < -0.3 is 0 Å². The van der Waals surface area contributed by atoms with Gasteiger partial charge in [0.05, 0.1) is 0 Å². The molecular weight excluding hydrogens is 240 g/mol. The Labute approximate surface area is 129 Å². The predicted molar refractivity (Wildman–Crippen MR) is 92.0 cm³/mol. The van der Waals surface area contributed by atoms with Crippen LogP contribution in [-0.2, 0) is 0 Å². The van der Waals surface area contributed by atoms with Crippen LogP contribution in [0.1, 0.15) is 98.8 Å². The quantitative estimate of drug-likeness (QED) is 0.504. The molecule has 0 heteroatoms. The first-order valence-electron chi connectivity index (χ1n) is 9.49. The molecule has 3 unspecified atom stereocenters. The smallest absolute Gasteiger partial charge is 0.0388 e. The lowest BCUT2D eigenvalue weighted by molar-refractivity contribution is 0.235. The summed E-state index contributed by atoms with van der Waals surface area (Å²) < 4.78 is 0. The van der Waals surface area contributed by atoms with E-state index in [2.05, 4.69) is 34.6 Å². The minimum absolute atomic E-state index is 0.881. The van der Waals surface area contributed by atoms with Crippen molar-refractivity contribution in [3.05, 3.63) is 0 Å². The maximum absolute atomic E-state index is 2.53. The molecule has 0 N–H and O–H groups in total. The van der Waals surface area contributed by atoms with E-state index in [1.54, 1.807) is 0 Å². The van der Waals surface area contributed by atoms with Crippen LogP contribution in [-0.4, -0.2) is 0 Å². The topological polar surface area (TPSA) is 0 Å². The Bertz CT molecular complexity index is 216. The summed E-state index contributed by atoms with van der Waals surface area (Å²) in [5, 5.41) is 0. The predicted octanol–water partition coefficient (Wildman–Crippen LogP) is 7.08. The van der Waals surface area contributed by atoms with E-state index in [4.69, 9.17) is 0 Å². The Morgan fingerprint density at radius 2 is 1.30 bits per heavy atom. The molecule has 0 heterocycles. The summed E-state index contributed by atoms with van der Waals surface area (Å²) in [6.07, 6.45) is 14.7. The summed E-state index contributed by atoms with van der Waals surface area (Å²) in [6, 6.07) is 0. The Morgan fingerprint density at radius 3 is 1.80 bits per heavy atom. The molecule has 0 aromatic rings. The molecule has 0 aliphatic heterocycles. The average molecular weight is 281 g/mol. The third kappa shape index (κ3) is 7.70. The van der Waals surface area contributed by atoms with Crippen molar-refractivity contribution in [1.29, 1.82) is 0 Å². The van der Waals surface area contributed by atoms with E-state index in [-0.39, 0.29) is 0 Å². The molecule has 0 spiro atoms. The van der Waals surface area contributed by atoms with Crippen molar-refractivity contribution >= 4 is 0 Å². The van der Waals surface area contributed by atoms with E-state index in [0.717, 1.165) is 29.6 Å². The second kappa shape index (κ2) is 9.85. The summed E-state index contributed by atoms with van der Waals surface area (Å²) in [7, 11) is 0. The Balaban J connectivity index is 2.41. The summed E-state index contributed by atoms with van der Waals surface area (Å²) >= 11 is 0. The zero-order valence-corrected chi connectivity index (χ0v) is 15.0. The average Bonchev–Trinajstić information content (AvgIpc) is 2.37. The van der Waals surface area contributed by atoms with Gasteiger partial charge in [0.1, 0.15) is 0 Å². The molecule has 0 saturated heterocycles. The molecular formula is C20H40. The summed E-state index contributed by atoms with van der Waals surface area (Å²) in [5.41, 5.74) is 0. The second-order valence-corrected chi connectivity index (χ2v) is 8.36. The Hall–Kier alpha value is 0. The molecule has 1 aliphatic rings. The normalized spacial score (nSPS) is 31.2. The molecule has 20 heavy (non-hydrogen) atoms. The molecule has 3 atom stereocenters. The molecule has 1 saturated carbocycles. The van der Waals surface area contributed by atoms with Crippen LogP contribution in [0.25, 0.3) is 0 Å². The van der Waals surface area contributed by atoms with E-state index in [1.165, 1.54) is 64.2 Å². The largest absolute Gasteiger partial charge is 0.0628 e. The van der Waals surface area contributed by atoms with Crippen molar-refractivity contribution in [2.75, 3.05) is 0 Å². The SMILES string of the molecule is CC(C)CCCC(C)C1CCC(C)CCCC(C)CC1. The van der Waals surface area contributed by atoms with Gasteiger partial charge in [0.25, 0.3) is 0 Å². The second-order valence-electron chi connectivity index (χ2n) is 8.36. The van der Waals surface area contributed by atoms with Gasteiger partial charge in [-0.25, -0.2) is 0 Å². The van der Waals surface area contributed by atoms with Crippen molar-refractivity contribution in [2.45, 2.75) is 98.8 Å². The minimum atomic E-state index is 0.881. The third-order valence-electron chi connectivity index (χ3n) is 5.70. The highest BCUT2D eigenvalue weighted by Gasteiger charge is 2.20. The van der Waals surface area contributed by atoms with Gasteiger partial charge in [0.15, 0.2) is 0 Å². The van der Waals surface area contributed by atoms with Gasteiger partial charge in [0, 0.05) is 0 Å².